The summed E-state index contributed by atoms with van der Waals surface area (Å²) in [7, 11) is 0. The van der Waals surface area contributed by atoms with Crippen LogP contribution in [0.4, 0.5) is 5.13 Å². The molecule has 4 rings (SSSR count). The lowest BCUT2D eigenvalue weighted by Crippen LogP contribution is -2.55. The van der Waals surface area contributed by atoms with Gasteiger partial charge in [-0.15, -0.1) is 0 Å². The molecular formula is C17H21N3O4S. The maximum Gasteiger partial charge on any atom is 0.255 e. The quantitative estimate of drug-likeness (QED) is 0.697. The van der Waals surface area contributed by atoms with Gasteiger partial charge in [-0.05, 0) is 25.0 Å². The van der Waals surface area contributed by atoms with Crippen LogP contribution in [0, 0.1) is 0 Å². The second-order valence-corrected chi connectivity index (χ2v) is 7.86. The summed E-state index contributed by atoms with van der Waals surface area (Å²) in [4.78, 5) is 19.0. The number of hydrogen-bond acceptors (Lipinski definition) is 7. The van der Waals surface area contributed by atoms with Gasteiger partial charge in [0.15, 0.2) is 5.13 Å². The Morgan fingerprint density at radius 1 is 1.32 bits per heavy atom. The highest BCUT2D eigenvalue weighted by molar-refractivity contribution is 7.22. The Balaban J connectivity index is 1.50. The Morgan fingerprint density at radius 2 is 2.08 bits per heavy atom. The number of nitrogen functional groups attached to an aromatic ring is 1. The van der Waals surface area contributed by atoms with Gasteiger partial charge in [-0.2, -0.15) is 0 Å². The normalized spacial score (nSPS) is 26.2. The zero-order valence-corrected chi connectivity index (χ0v) is 14.5. The molecule has 0 bridgehead atoms. The third kappa shape index (κ3) is 2.99. The smallest absolute Gasteiger partial charge is 0.255 e. The molecule has 1 aromatic carbocycles. The molecule has 3 heterocycles. The van der Waals surface area contributed by atoms with E-state index in [0.29, 0.717) is 43.0 Å². The number of likely N-dealkylation sites (tertiary alicyclic amines) is 1. The van der Waals surface area contributed by atoms with Crippen molar-refractivity contribution in [3.05, 3.63) is 23.8 Å². The maximum atomic E-state index is 12.9. The highest BCUT2D eigenvalue weighted by Gasteiger charge is 2.43. The van der Waals surface area contributed by atoms with Crippen LogP contribution in [0.3, 0.4) is 0 Å². The molecule has 0 radical (unpaired) electrons. The van der Waals surface area contributed by atoms with Crippen molar-refractivity contribution < 1.29 is 19.7 Å². The number of ether oxygens (including phenoxy) is 1. The van der Waals surface area contributed by atoms with Crippen molar-refractivity contribution >= 4 is 32.6 Å². The van der Waals surface area contributed by atoms with E-state index in [2.05, 4.69) is 4.98 Å². The number of nitrogens with zero attached hydrogens (tertiary/aromatic N) is 2. The van der Waals surface area contributed by atoms with E-state index in [9.17, 15) is 15.0 Å². The minimum Gasteiger partial charge on any atom is -0.390 e. The summed E-state index contributed by atoms with van der Waals surface area (Å²) in [6.45, 7) is 1.27. The lowest BCUT2D eigenvalue weighted by atomic mass is 9.82. The van der Waals surface area contributed by atoms with E-state index in [1.54, 1.807) is 0 Å². The van der Waals surface area contributed by atoms with Gasteiger partial charge in [0.05, 0.1) is 34.1 Å². The standard InChI is InChI=1S/C17H21N3O4S/c18-16-19-11-3-1-2-10(14(11)25-16)15(23)20-6-4-17(5-7-20)8-12(21)13(22)9-24-17/h1-3,12-13,21-22H,4-9H2,(H2,18,19)/t12-,13+/m1/s1. The number of aliphatic hydroxyl groups excluding tert-OH is 2. The fourth-order valence-corrected chi connectivity index (χ4v) is 4.56. The number of hydrogen-bond donors (Lipinski definition) is 3. The molecule has 25 heavy (non-hydrogen) atoms. The molecule has 1 spiro atoms. The molecule has 4 N–H and O–H groups in total. The van der Waals surface area contributed by atoms with Gasteiger partial charge >= 0.3 is 0 Å². The van der Waals surface area contributed by atoms with Crippen LogP contribution in [0.1, 0.15) is 29.6 Å². The Hall–Kier alpha value is -1.74. The molecule has 8 heteroatoms. The van der Waals surface area contributed by atoms with E-state index in [0.717, 1.165) is 10.2 Å². The predicted molar refractivity (Wildman–Crippen MR) is 94.5 cm³/mol. The number of rotatable bonds is 1. The van der Waals surface area contributed by atoms with Gasteiger partial charge in [-0.1, -0.05) is 17.4 Å². The first-order chi connectivity index (χ1) is 12.0. The van der Waals surface area contributed by atoms with Gasteiger partial charge in [0.1, 0.15) is 6.10 Å². The van der Waals surface area contributed by atoms with Crippen molar-refractivity contribution in [3.8, 4) is 0 Å². The number of fused-ring (bicyclic) bond motifs is 1. The number of benzene rings is 1. The number of carbonyl (C=O) groups is 1. The van der Waals surface area contributed by atoms with Crippen molar-refractivity contribution in [2.45, 2.75) is 37.1 Å². The molecule has 2 saturated heterocycles. The number of carbonyl (C=O) groups excluding carboxylic acids is 1. The van der Waals surface area contributed by atoms with Crippen molar-refractivity contribution in [1.82, 2.24) is 9.88 Å². The monoisotopic (exact) mass is 363 g/mol. The summed E-state index contributed by atoms with van der Waals surface area (Å²) in [6.07, 6.45) is 0.147. The average molecular weight is 363 g/mol. The van der Waals surface area contributed by atoms with Crippen LogP contribution in [0.5, 0.6) is 0 Å². The van der Waals surface area contributed by atoms with Crippen LogP contribution < -0.4 is 5.73 Å². The van der Waals surface area contributed by atoms with E-state index < -0.39 is 17.8 Å². The Bertz CT molecular complexity index is 800. The van der Waals surface area contributed by atoms with E-state index in [4.69, 9.17) is 10.5 Å². The van der Waals surface area contributed by atoms with Crippen LogP contribution in [0.15, 0.2) is 18.2 Å². The van der Waals surface area contributed by atoms with Gasteiger partial charge in [-0.25, -0.2) is 4.98 Å². The van der Waals surface area contributed by atoms with Crippen LogP contribution in [0.25, 0.3) is 10.2 Å². The fourth-order valence-electron chi connectivity index (χ4n) is 3.72. The largest absolute Gasteiger partial charge is 0.390 e. The van der Waals surface area contributed by atoms with Crippen LogP contribution >= 0.6 is 11.3 Å². The summed E-state index contributed by atoms with van der Waals surface area (Å²) in [6, 6.07) is 5.48. The van der Waals surface area contributed by atoms with Crippen molar-refractivity contribution in [3.63, 3.8) is 0 Å². The molecule has 2 aliphatic heterocycles. The van der Waals surface area contributed by atoms with Gasteiger partial charge in [0.2, 0.25) is 0 Å². The lowest BCUT2D eigenvalue weighted by molar-refractivity contribution is -0.185. The third-order valence-corrected chi connectivity index (χ3v) is 6.14. The van der Waals surface area contributed by atoms with Gasteiger partial charge in [0, 0.05) is 19.5 Å². The first-order valence-electron chi connectivity index (χ1n) is 8.42. The highest BCUT2D eigenvalue weighted by Crippen LogP contribution is 2.36. The van der Waals surface area contributed by atoms with Gasteiger partial charge in [0.25, 0.3) is 5.91 Å². The Morgan fingerprint density at radius 3 is 2.80 bits per heavy atom. The number of aromatic nitrogens is 1. The van der Waals surface area contributed by atoms with Crippen LogP contribution in [-0.4, -0.2) is 63.5 Å². The van der Waals surface area contributed by atoms with Crippen molar-refractivity contribution in [1.29, 1.82) is 0 Å². The van der Waals surface area contributed by atoms with E-state index in [-0.39, 0.29) is 12.5 Å². The predicted octanol–water partition coefficient (Wildman–Crippen LogP) is 0.995. The molecule has 2 aliphatic rings. The van der Waals surface area contributed by atoms with E-state index >= 15 is 0 Å². The lowest BCUT2D eigenvalue weighted by Gasteiger charge is -2.46. The zero-order valence-electron chi connectivity index (χ0n) is 13.7. The molecule has 134 valence electrons. The molecule has 0 saturated carbocycles. The Kier molecular flexibility index (Phi) is 4.15. The third-order valence-electron chi connectivity index (χ3n) is 5.21. The van der Waals surface area contributed by atoms with Crippen molar-refractivity contribution in [2.75, 3.05) is 25.4 Å². The van der Waals surface area contributed by atoms with E-state index in [1.807, 2.05) is 23.1 Å². The number of anilines is 1. The second-order valence-electron chi connectivity index (χ2n) is 6.83. The summed E-state index contributed by atoms with van der Waals surface area (Å²) in [5, 5.41) is 20.0. The molecule has 2 fully saturated rings. The molecule has 2 atom stereocenters. The van der Waals surface area contributed by atoms with Crippen LogP contribution in [-0.2, 0) is 4.74 Å². The minimum absolute atomic E-state index is 0.0273. The summed E-state index contributed by atoms with van der Waals surface area (Å²) < 4.78 is 6.64. The fraction of sp³-hybridized carbons (Fsp3) is 0.529. The highest BCUT2D eigenvalue weighted by atomic mass is 32.1. The first kappa shape index (κ1) is 16.7. The minimum atomic E-state index is -0.820. The molecule has 0 aliphatic carbocycles. The van der Waals surface area contributed by atoms with Crippen molar-refractivity contribution in [2.24, 2.45) is 0 Å². The topological polar surface area (TPSA) is 109 Å². The molecule has 1 amide bonds. The molecule has 1 aromatic heterocycles. The second kappa shape index (κ2) is 6.21. The van der Waals surface area contributed by atoms with Gasteiger partial charge < -0.3 is 25.6 Å². The molecule has 2 aromatic rings. The van der Waals surface area contributed by atoms with Crippen LogP contribution in [0.2, 0.25) is 0 Å². The summed E-state index contributed by atoms with van der Waals surface area (Å²) >= 11 is 1.33. The SMILES string of the molecule is Nc1nc2cccc(C(=O)N3CCC4(CC3)C[C@@H](O)[C@@H](O)CO4)c2s1. The zero-order chi connectivity index (χ0) is 17.6. The molecule has 0 unspecified atom stereocenters. The number of thiazole rings is 1. The average Bonchev–Trinajstić information content (AvgIpc) is 2.99. The first-order valence-corrected chi connectivity index (χ1v) is 9.23. The van der Waals surface area contributed by atoms with E-state index in [1.165, 1.54) is 11.3 Å². The number of nitrogens with two attached hydrogens (primary N) is 1. The molecular weight excluding hydrogens is 342 g/mol. The van der Waals surface area contributed by atoms with Gasteiger partial charge in [-0.3, -0.25) is 4.79 Å². The maximum absolute atomic E-state index is 12.9. The Labute approximate surface area is 149 Å². The number of piperidine rings is 1. The number of amides is 1. The summed E-state index contributed by atoms with van der Waals surface area (Å²) in [5.41, 5.74) is 6.72. The summed E-state index contributed by atoms with van der Waals surface area (Å²) in [5.74, 6) is -0.0273. The number of aliphatic hydroxyl groups is 2. The molecule has 7 nitrogen and oxygen atoms in total.